The fraction of sp³-hybridized carbons (Fsp3) is 0.364. The van der Waals surface area contributed by atoms with E-state index in [1.165, 1.54) is 5.56 Å². The van der Waals surface area contributed by atoms with Gasteiger partial charge in [0.1, 0.15) is 0 Å². The van der Waals surface area contributed by atoms with Gasteiger partial charge in [0.25, 0.3) is 0 Å². The van der Waals surface area contributed by atoms with Crippen LogP contribution < -0.4 is 11.1 Å². The molecule has 0 saturated heterocycles. The highest BCUT2D eigenvalue weighted by atomic mass is 16.1. The molecule has 1 aliphatic heterocycles. The number of nitrogens with one attached hydrogen (secondary N) is 1. The first-order valence-corrected chi connectivity index (χ1v) is 4.83. The zero-order chi connectivity index (χ0) is 10.1. The van der Waals surface area contributed by atoms with Crippen LogP contribution in [0.5, 0.6) is 0 Å². The molecule has 0 unspecified atom stereocenters. The summed E-state index contributed by atoms with van der Waals surface area (Å²) in [4.78, 5) is 11.2. The van der Waals surface area contributed by atoms with Gasteiger partial charge in [0, 0.05) is 18.7 Å². The van der Waals surface area contributed by atoms with Gasteiger partial charge in [0.05, 0.1) is 0 Å². The molecule has 2 rings (SSSR count). The highest BCUT2D eigenvalue weighted by Crippen LogP contribution is 2.27. The Morgan fingerprint density at radius 3 is 2.93 bits per heavy atom. The number of rotatable bonds is 1. The second-order valence-corrected chi connectivity index (χ2v) is 3.70. The van der Waals surface area contributed by atoms with Crippen LogP contribution in [0.2, 0.25) is 0 Å². The van der Waals surface area contributed by atoms with E-state index >= 15 is 0 Å². The van der Waals surface area contributed by atoms with Gasteiger partial charge in [0.2, 0.25) is 5.91 Å². The van der Waals surface area contributed by atoms with E-state index in [4.69, 9.17) is 5.73 Å². The maximum absolute atomic E-state index is 11.2. The van der Waals surface area contributed by atoms with Crippen molar-refractivity contribution in [3.8, 4) is 0 Å². The van der Waals surface area contributed by atoms with Gasteiger partial charge in [-0.25, -0.2) is 0 Å². The molecule has 1 heterocycles. The summed E-state index contributed by atoms with van der Waals surface area (Å²) < 4.78 is 0. The van der Waals surface area contributed by atoms with Gasteiger partial charge in [-0.3, -0.25) is 4.79 Å². The minimum absolute atomic E-state index is 0.112. The van der Waals surface area contributed by atoms with Gasteiger partial charge in [-0.05, 0) is 30.0 Å². The van der Waals surface area contributed by atoms with E-state index in [1.54, 1.807) is 0 Å². The number of carbonyl (C=O) groups excluding carboxylic acids is 1. The van der Waals surface area contributed by atoms with Crippen LogP contribution in [0.3, 0.4) is 0 Å². The Kier molecular flexibility index (Phi) is 2.25. The average Bonchev–Trinajstić information content (AvgIpc) is 2.19. The summed E-state index contributed by atoms with van der Waals surface area (Å²) in [5.41, 5.74) is 10.0. The molecular weight excluding hydrogens is 176 g/mol. The number of aryl methyl sites for hydroxylation is 2. The van der Waals surface area contributed by atoms with Crippen molar-refractivity contribution in [1.29, 1.82) is 0 Å². The SMILES string of the molecule is Cc1cc(CN)cc2c1NC(=O)CC2. The number of amides is 1. The molecule has 0 fully saturated rings. The lowest BCUT2D eigenvalue weighted by Gasteiger charge is -2.19. The molecule has 0 saturated carbocycles. The molecule has 1 aromatic rings. The topological polar surface area (TPSA) is 55.1 Å². The Balaban J connectivity index is 2.48. The Hall–Kier alpha value is -1.35. The van der Waals surface area contributed by atoms with Crippen molar-refractivity contribution >= 4 is 11.6 Å². The van der Waals surface area contributed by atoms with E-state index < -0.39 is 0 Å². The molecule has 0 radical (unpaired) electrons. The van der Waals surface area contributed by atoms with Crippen LogP contribution in [0.25, 0.3) is 0 Å². The molecule has 0 spiro atoms. The van der Waals surface area contributed by atoms with E-state index in [9.17, 15) is 4.79 Å². The number of anilines is 1. The summed E-state index contributed by atoms with van der Waals surface area (Å²) in [6.07, 6.45) is 1.41. The maximum atomic E-state index is 11.2. The number of nitrogens with two attached hydrogens (primary N) is 1. The predicted molar refractivity (Wildman–Crippen MR) is 56.0 cm³/mol. The van der Waals surface area contributed by atoms with Crippen LogP contribution in [-0.2, 0) is 17.8 Å². The van der Waals surface area contributed by atoms with Crippen LogP contribution in [0, 0.1) is 6.92 Å². The highest BCUT2D eigenvalue weighted by molar-refractivity contribution is 5.94. The van der Waals surface area contributed by atoms with Crippen LogP contribution in [0.1, 0.15) is 23.1 Å². The van der Waals surface area contributed by atoms with E-state index in [2.05, 4.69) is 11.4 Å². The number of carbonyl (C=O) groups is 1. The summed E-state index contributed by atoms with van der Waals surface area (Å²) in [6, 6.07) is 4.12. The summed E-state index contributed by atoms with van der Waals surface area (Å²) in [5, 5.41) is 2.90. The minimum atomic E-state index is 0.112. The lowest BCUT2D eigenvalue weighted by Crippen LogP contribution is -2.20. The fourth-order valence-electron chi connectivity index (χ4n) is 1.89. The molecule has 3 heteroatoms. The zero-order valence-corrected chi connectivity index (χ0v) is 8.26. The van der Waals surface area contributed by atoms with E-state index in [0.717, 1.165) is 23.2 Å². The monoisotopic (exact) mass is 190 g/mol. The largest absolute Gasteiger partial charge is 0.326 e. The van der Waals surface area contributed by atoms with Crippen molar-refractivity contribution in [3.63, 3.8) is 0 Å². The Bertz CT molecular complexity index is 385. The van der Waals surface area contributed by atoms with E-state index in [1.807, 2.05) is 13.0 Å². The van der Waals surface area contributed by atoms with Crippen molar-refractivity contribution in [2.45, 2.75) is 26.3 Å². The molecule has 3 nitrogen and oxygen atoms in total. The number of hydrogen-bond donors (Lipinski definition) is 2. The maximum Gasteiger partial charge on any atom is 0.224 e. The lowest BCUT2D eigenvalue weighted by atomic mass is 9.97. The van der Waals surface area contributed by atoms with Crippen LogP contribution in [-0.4, -0.2) is 5.91 Å². The lowest BCUT2D eigenvalue weighted by molar-refractivity contribution is -0.116. The zero-order valence-electron chi connectivity index (χ0n) is 8.26. The summed E-state index contributed by atoms with van der Waals surface area (Å²) in [5.74, 6) is 0.112. The highest BCUT2D eigenvalue weighted by Gasteiger charge is 2.16. The average molecular weight is 190 g/mol. The first-order chi connectivity index (χ1) is 6.70. The van der Waals surface area contributed by atoms with E-state index in [0.29, 0.717) is 13.0 Å². The summed E-state index contributed by atoms with van der Waals surface area (Å²) in [7, 11) is 0. The van der Waals surface area contributed by atoms with Crippen LogP contribution in [0.15, 0.2) is 12.1 Å². The van der Waals surface area contributed by atoms with Crippen LogP contribution >= 0.6 is 0 Å². The summed E-state index contributed by atoms with van der Waals surface area (Å²) >= 11 is 0. The molecule has 0 bridgehead atoms. The normalized spacial score (nSPS) is 14.9. The van der Waals surface area contributed by atoms with E-state index in [-0.39, 0.29) is 5.91 Å². The number of benzene rings is 1. The van der Waals surface area contributed by atoms with Gasteiger partial charge in [-0.2, -0.15) is 0 Å². The quantitative estimate of drug-likeness (QED) is 0.702. The van der Waals surface area contributed by atoms with Gasteiger partial charge >= 0.3 is 0 Å². The number of fused-ring (bicyclic) bond motifs is 1. The smallest absolute Gasteiger partial charge is 0.224 e. The molecule has 0 atom stereocenters. The molecule has 0 aromatic heterocycles. The van der Waals surface area contributed by atoms with Gasteiger partial charge in [0.15, 0.2) is 0 Å². The molecule has 1 aromatic carbocycles. The van der Waals surface area contributed by atoms with Crippen molar-refractivity contribution < 1.29 is 4.79 Å². The Labute approximate surface area is 83.3 Å². The first kappa shape index (κ1) is 9.21. The summed E-state index contributed by atoms with van der Waals surface area (Å²) in [6.45, 7) is 2.56. The van der Waals surface area contributed by atoms with Gasteiger partial charge in [-0.15, -0.1) is 0 Å². The molecule has 0 aliphatic carbocycles. The molecule has 74 valence electrons. The molecular formula is C11H14N2O. The van der Waals surface area contributed by atoms with Gasteiger partial charge in [-0.1, -0.05) is 12.1 Å². The Morgan fingerprint density at radius 2 is 2.21 bits per heavy atom. The molecule has 3 N–H and O–H groups in total. The Morgan fingerprint density at radius 1 is 1.43 bits per heavy atom. The van der Waals surface area contributed by atoms with Crippen molar-refractivity contribution in [2.24, 2.45) is 5.73 Å². The third-order valence-electron chi connectivity index (χ3n) is 2.60. The predicted octanol–water partition coefficient (Wildman–Crippen LogP) is 1.34. The van der Waals surface area contributed by atoms with Gasteiger partial charge < -0.3 is 11.1 Å². The number of hydrogen-bond acceptors (Lipinski definition) is 2. The minimum Gasteiger partial charge on any atom is -0.326 e. The second-order valence-electron chi connectivity index (χ2n) is 3.70. The third kappa shape index (κ3) is 1.51. The first-order valence-electron chi connectivity index (χ1n) is 4.83. The van der Waals surface area contributed by atoms with Crippen molar-refractivity contribution in [2.75, 3.05) is 5.32 Å². The van der Waals surface area contributed by atoms with Crippen LogP contribution in [0.4, 0.5) is 5.69 Å². The van der Waals surface area contributed by atoms with Crippen molar-refractivity contribution in [3.05, 3.63) is 28.8 Å². The molecule has 1 aliphatic rings. The third-order valence-corrected chi connectivity index (χ3v) is 2.60. The van der Waals surface area contributed by atoms with Crippen molar-refractivity contribution in [1.82, 2.24) is 0 Å². The molecule has 1 amide bonds. The standard InChI is InChI=1S/C11H14N2O/c1-7-4-8(6-12)5-9-2-3-10(14)13-11(7)9/h4-5H,2-3,6,12H2,1H3,(H,13,14). The second kappa shape index (κ2) is 3.42. The molecule has 14 heavy (non-hydrogen) atoms. The fourth-order valence-corrected chi connectivity index (χ4v) is 1.89.